The molecule has 0 aliphatic rings. The van der Waals surface area contributed by atoms with Crippen molar-refractivity contribution < 1.29 is 0 Å². The summed E-state index contributed by atoms with van der Waals surface area (Å²) in [5, 5.41) is 4.51. The average molecular weight is 702 g/mol. The van der Waals surface area contributed by atoms with Gasteiger partial charge in [-0.05, 0) is 69.2 Å². The summed E-state index contributed by atoms with van der Waals surface area (Å²) in [4.78, 5) is 13.2. The lowest BCUT2D eigenvalue weighted by Gasteiger charge is -2.28. The maximum atomic E-state index is 5.46. The highest BCUT2D eigenvalue weighted by molar-refractivity contribution is 6.19. The monoisotopic (exact) mass is 701 g/mol. The second kappa shape index (κ2) is 13.9. The Labute approximate surface area is 320 Å². The molecule has 3 nitrogen and oxygen atoms in total. The number of hydrogen-bond donors (Lipinski definition) is 0. The van der Waals surface area contributed by atoms with Gasteiger partial charge in [-0.2, -0.15) is 0 Å². The first kappa shape index (κ1) is 32.3. The number of aromatic nitrogens is 2. The fourth-order valence-electron chi connectivity index (χ4n) is 7.80. The van der Waals surface area contributed by atoms with Crippen molar-refractivity contribution in [2.24, 2.45) is 0 Å². The predicted molar refractivity (Wildman–Crippen MR) is 231 cm³/mol. The quantitative estimate of drug-likeness (QED) is 0.155. The minimum atomic E-state index is 0.874. The zero-order valence-corrected chi connectivity index (χ0v) is 30.0. The largest absolute Gasteiger partial charge is 0.310 e. The van der Waals surface area contributed by atoms with Gasteiger partial charge in [-0.25, -0.2) is 9.97 Å². The van der Waals surface area contributed by atoms with Crippen LogP contribution in [0.15, 0.2) is 212 Å². The third kappa shape index (κ3) is 5.98. The molecule has 0 spiro atoms. The Morgan fingerprint density at radius 1 is 0.345 bits per heavy atom. The van der Waals surface area contributed by atoms with E-state index in [1.54, 1.807) is 0 Å². The molecule has 0 unspecified atom stereocenters. The highest BCUT2D eigenvalue weighted by Crippen LogP contribution is 2.44. The van der Waals surface area contributed by atoms with Gasteiger partial charge in [0.1, 0.15) is 0 Å². The Morgan fingerprint density at radius 3 is 1.60 bits per heavy atom. The van der Waals surface area contributed by atoms with Crippen molar-refractivity contribution in [2.75, 3.05) is 4.90 Å². The summed E-state index contributed by atoms with van der Waals surface area (Å²) >= 11 is 0. The highest BCUT2D eigenvalue weighted by atomic mass is 15.1. The maximum Gasteiger partial charge on any atom is 0.0979 e. The lowest BCUT2D eigenvalue weighted by Crippen LogP contribution is -2.11. The summed E-state index contributed by atoms with van der Waals surface area (Å²) in [6, 6.07) is 75.1. The van der Waals surface area contributed by atoms with E-state index in [0.717, 1.165) is 77.7 Å². The molecule has 0 atom stereocenters. The minimum absolute atomic E-state index is 0.874. The van der Waals surface area contributed by atoms with E-state index in [1.165, 1.54) is 16.7 Å². The van der Waals surface area contributed by atoms with E-state index in [-0.39, 0.29) is 0 Å². The van der Waals surface area contributed by atoms with Gasteiger partial charge in [0.15, 0.2) is 0 Å². The maximum absolute atomic E-state index is 5.46. The first-order valence-electron chi connectivity index (χ1n) is 18.7. The van der Waals surface area contributed by atoms with E-state index >= 15 is 0 Å². The van der Waals surface area contributed by atoms with Crippen molar-refractivity contribution in [3.63, 3.8) is 0 Å². The van der Waals surface area contributed by atoms with Gasteiger partial charge >= 0.3 is 0 Å². The number of para-hydroxylation sites is 1. The number of hydrogen-bond acceptors (Lipinski definition) is 3. The summed E-state index contributed by atoms with van der Waals surface area (Å²) in [6.07, 6.45) is 0. The SMILES string of the molecule is c1ccc(-c2cccc(N(c3ccc4c(ccc5ccc6nc(-c7ccccc7)c(-c7ccccc7)nc6c54)c3)c3ccccc3-c3ccccc3)c2)cc1. The molecule has 0 amide bonds. The molecule has 1 aromatic heterocycles. The molecule has 3 heteroatoms. The number of nitrogens with zero attached hydrogens (tertiary/aromatic N) is 3. The van der Waals surface area contributed by atoms with Crippen LogP contribution in [0, 0.1) is 0 Å². The Kier molecular flexibility index (Phi) is 8.16. The van der Waals surface area contributed by atoms with Gasteiger partial charge in [0, 0.05) is 33.5 Å². The Balaban J connectivity index is 1.20. The van der Waals surface area contributed by atoms with Gasteiger partial charge in [-0.3, -0.25) is 0 Å². The molecule has 55 heavy (non-hydrogen) atoms. The van der Waals surface area contributed by atoms with E-state index in [2.05, 4.69) is 205 Å². The summed E-state index contributed by atoms with van der Waals surface area (Å²) in [7, 11) is 0. The van der Waals surface area contributed by atoms with E-state index in [1.807, 2.05) is 12.1 Å². The molecular weight excluding hydrogens is 667 g/mol. The molecule has 10 aromatic rings. The zero-order chi connectivity index (χ0) is 36.6. The fourth-order valence-corrected chi connectivity index (χ4v) is 7.80. The van der Waals surface area contributed by atoms with E-state index in [0.29, 0.717) is 0 Å². The molecule has 9 aromatic carbocycles. The summed E-state index contributed by atoms with van der Waals surface area (Å²) in [5.41, 5.74) is 13.6. The number of fused-ring (bicyclic) bond motifs is 5. The van der Waals surface area contributed by atoms with Crippen LogP contribution in [0.4, 0.5) is 17.1 Å². The van der Waals surface area contributed by atoms with Crippen molar-refractivity contribution in [1.82, 2.24) is 9.97 Å². The number of anilines is 3. The van der Waals surface area contributed by atoms with Crippen LogP contribution in [0.25, 0.3) is 77.3 Å². The average Bonchev–Trinajstić information content (AvgIpc) is 3.27. The molecule has 0 aliphatic heterocycles. The van der Waals surface area contributed by atoms with Crippen LogP contribution in [0.1, 0.15) is 0 Å². The Bertz CT molecular complexity index is 2960. The number of rotatable bonds is 7. The molecule has 0 saturated heterocycles. The number of benzene rings is 9. The van der Waals surface area contributed by atoms with Crippen molar-refractivity contribution in [3.05, 3.63) is 212 Å². The molecular formula is C52H35N3. The predicted octanol–water partition coefficient (Wildman–Crippen LogP) is 14.1. The van der Waals surface area contributed by atoms with E-state index in [4.69, 9.17) is 9.97 Å². The molecule has 0 aliphatic carbocycles. The second-order valence-corrected chi connectivity index (χ2v) is 13.8. The molecule has 1 heterocycles. The molecule has 0 bridgehead atoms. The van der Waals surface area contributed by atoms with Gasteiger partial charge in [0.25, 0.3) is 0 Å². The highest BCUT2D eigenvalue weighted by Gasteiger charge is 2.20. The van der Waals surface area contributed by atoms with Crippen LogP contribution in [0.2, 0.25) is 0 Å². The lowest BCUT2D eigenvalue weighted by atomic mass is 9.97. The standard InChI is InChI=1S/C52H35N3/c1-5-16-36(17-6-1)41-24-15-25-43(34-41)55(48-27-14-13-26-45(48)37-18-7-2-8-19-37)44-31-32-46-42(35-44)29-28-38-30-33-47-52(49(38)46)54-51(40-22-11-4-12-23-40)50(53-47)39-20-9-3-10-21-39/h1-35H. The normalized spacial score (nSPS) is 11.3. The lowest BCUT2D eigenvalue weighted by molar-refractivity contribution is 1.29. The molecule has 10 rings (SSSR count). The van der Waals surface area contributed by atoms with Crippen LogP contribution < -0.4 is 4.90 Å². The summed E-state index contributed by atoms with van der Waals surface area (Å²) < 4.78 is 0. The third-order valence-electron chi connectivity index (χ3n) is 10.4. The van der Waals surface area contributed by atoms with Crippen molar-refractivity contribution in [1.29, 1.82) is 0 Å². The zero-order valence-electron chi connectivity index (χ0n) is 30.0. The third-order valence-corrected chi connectivity index (χ3v) is 10.4. The van der Waals surface area contributed by atoms with Gasteiger partial charge in [-0.1, -0.05) is 176 Å². The topological polar surface area (TPSA) is 29.0 Å². The van der Waals surface area contributed by atoms with E-state index < -0.39 is 0 Å². The van der Waals surface area contributed by atoms with Crippen LogP contribution in [-0.4, -0.2) is 9.97 Å². The van der Waals surface area contributed by atoms with Gasteiger partial charge < -0.3 is 4.90 Å². The van der Waals surface area contributed by atoms with Crippen LogP contribution >= 0.6 is 0 Å². The van der Waals surface area contributed by atoms with Gasteiger partial charge in [-0.15, -0.1) is 0 Å². The van der Waals surface area contributed by atoms with Gasteiger partial charge in [0.05, 0.1) is 28.1 Å². The smallest absolute Gasteiger partial charge is 0.0979 e. The summed E-state index contributed by atoms with van der Waals surface area (Å²) in [6.45, 7) is 0. The van der Waals surface area contributed by atoms with Gasteiger partial charge in [0.2, 0.25) is 0 Å². The molecule has 0 N–H and O–H groups in total. The molecule has 0 saturated carbocycles. The van der Waals surface area contributed by atoms with Crippen LogP contribution in [0.5, 0.6) is 0 Å². The van der Waals surface area contributed by atoms with Crippen LogP contribution in [0.3, 0.4) is 0 Å². The molecule has 0 fully saturated rings. The Hall–Kier alpha value is -7.36. The fraction of sp³-hybridized carbons (Fsp3) is 0. The first-order valence-corrected chi connectivity index (χ1v) is 18.7. The first-order chi connectivity index (χ1) is 27.3. The minimum Gasteiger partial charge on any atom is -0.310 e. The van der Waals surface area contributed by atoms with E-state index in [9.17, 15) is 0 Å². The summed E-state index contributed by atoms with van der Waals surface area (Å²) in [5.74, 6) is 0. The van der Waals surface area contributed by atoms with Crippen molar-refractivity contribution >= 4 is 49.6 Å². The second-order valence-electron chi connectivity index (χ2n) is 13.8. The Morgan fingerprint density at radius 2 is 0.891 bits per heavy atom. The molecule has 258 valence electrons. The van der Waals surface area contributed by atoms with Crippen molar-refractivity contribution in [3.8, 4) is 44.8 Å². The molecule has 0 radical (unpaired) electrons. The van der Waals surface area contributed by atoms with Crippen molar-refractivity contribution in [2.45, 2.75) is 0 Å². The van der Waals surface area contributed by atoms with Crippen LogP contribution in [-0.2, 0) is 0 Å².